The average molecular weight is 378 g/mol. The highest BCUT2D eigenvalue weighted by molar-refractivity contribution is 5.98. The van der Waals surface area contributed by atoms with Gasteiger partial charge in [0.25, 0.3) is 0 Å². The number of rotatable bonds is 6. The fraction of sp³-hybridized carbons (Fsp3) is 0.273. The van der Waals surface area contributed by atoms with Gasteiger partial charge in [0, 0.05) is 36.2 Å². The van der Waals surface area contributed by atoms with Crippen molar-refractivity contribution in [3.8, 4) is 11.5 Å². The standard InChI is InChI=1S/C22H22N2O4/c1-14-10-17-11-15(2-4-18(17)24-14)13-23-22(26)7-5-19(25)16-3-6-20-21(12-16)28-9-8-27-20/h2-4,6,10-12,24H,5,7-9,13H2,1H3,(H,23,26). The van der Waals surface area contributed by atoms with Crippen LogP contribution in [0.5, 0.6) is 11.5 Å². The maximum Gasteiger partial charge on any atom is 0.220 e. The van der Waals surface area contributed by atoms with Crippen LogP contribution in [0.2, 0.25) is 0 Å². The number of carbonyl (C=O) groups excluding carboxylic acids is 2. The van der Waals surface area contributed by atoms with Crippen molar-refractivity contribution in [3.05, 3.63) is 59.3 Å². The molecule has 0 fully saturated rings. The Morgan fingerprint density at radius 1 is 1.00 bits per heavy atom. The summed E-state index contributed by atoms with van der Waals surface area (Å²) in [7, 11) is 0. The molecule has 0 aliphatic carbocycles. The number of benzene rings is 2. The second kappa shape index (κ2) is 7.76. The van der Waals surface area contributed by atoms with E-state index in [9.17, 15) is 9.59 Å². The van der Waals surface area contributed by atoms with Crippen LogP contribution in [0.1, 0.15) is 34.5 Å². The SMILES string of the molecule is Cc1cc2cc(CNC(=O)CCC(=O)c3ccc4c(c3)OCCO4)ccc2[nH]1. The smallest absolute Gasteiger partial charge is 0.220 e. The van der Waals surface area contributed by atoms with Crippen LogP contribution in [0.3, 0.4) is 0 Å². The van der Waals surface area contributed by atoms with Crippen molar-refractivity contribution in [1.29, 1.82) is 0 Å². The van der Waals surface area contributed by atoms with Gasteiger partial charge in [0.1, 0.15) is 13.2 Å². The lowest BCUT2D eigenvalue weighted by Gasteiger charge is -2.18. The van der Waals surface area contributed by atoms with E-state index in [1.807, 2.05) is 19.1 Å². The molecular weight excluding hydrogens is 356 g/mol. The highest BCUT2D eigenvalue weighted by Crippen LogP contribution is 2.31. The van der Waals surface area contributed by atoms with Gasteiger partial charge < -0.3 is 19.8 Å². The van der Waals surface area contributed by atoms with Crippen molar-refractivity contribution in [3.63, 3.8) is 0 Å². The molecule has 0 spiro atoms. The number of ether oxygens (including phenoxy) is 2. The lowest BCUT2D eigenvalue weighted by Crippen LogP contribution is -2.23. The molecule has 1 aromatic heterocycles. The van der Waals surface area contributed by atoms with Crippen LogP contribution in [0, 0.1) is 6.92 Å². The number of hydrogen-bond acceptors (Lipinski definition) is 4. The Labute approximate surface area is 162 Å². The Hall–Kier alpha value is -3.28. The molecular formula is C22H22N2O4. The molecule has 3 aromatic rings. The monoisotopic (exact) mass is 378 g/mol. The van der Waals surface area contributed by atoms with Crippen molar-refractivity contribution >= 4 is 22.6 Å². The highest BCUT2D eigenvalue weighted by atomic mass is 16.6. The van der Waals surface area contributed by atoms with E-state index in [1.165, 1.54) is 0 Å². The summed E-state index contributed by atoms with van der Waals surface area (Å²) in [6.07, 6.45) is 0.306. The summed E-state index contributed by atoms with van der Waals surface area (Å²) < 4.78 is 11.0. The van der Waals surface area contributed by atoms with Crippen LogP contribution < -0.4 is 14.8 Å². The van der Waals surface area contributed by atoms with Gasteiger partial charge >= 0.3 is 0 Å². The second-order valence-electron chi connectivity index (χ2n) is 6.93. The fourth-order valence-corrected chi connectivity index (χ4v) is 3.31. The quantitative estimate of drug-likeness (QED) is 0.643. The molecule has 0 saturated heterocycles. The zero-order chi connectivity index (χ0) is 19.5. The van der Waals surface area contributed by atoms with E-state index in [1.54, 1.807) is 18.2 Å². The first-order chi connectivity index (χ1) is 13.6. The van der Waals surface area contributed by atoms with Crippen LogP contribution in [0.4, 0.5) is 0 Å². The Morgan fingerprint density at radius 3 is 2.68 bits per heavy atom. The molecule has 2 N–H and O–H groups in total. The summed E-state index contributed by atoms with van der Waals surface area (Å²) in [5.74, 6) is 1.000. The number of amides is 1. The van der Waals surface area contributed by atoms with Gasteiger partial charge in [0.2, 0.25) is 5.91 Å². The number of aromatic nitrogens is 1. The van der Waals surface area contributed by atoms with Gasteiger partial charge in [0.15, 0.2) is 17.3 Å². The molecule has 0 unspecified atom stereocenters. The summed E-state index contributed by atoms with van der Waals surface area (Å²) in [6.45, 7) is 3.44. The molecule has 0 atom stereocenters. The molecule has 0 saturated carbocycles. The van der Waals surface area contributed by atoms with Gasteiger partial charge in [-0.2, -0.15) is 0 Å². The summed E-state index contributed by atoms with van der Waals surface area (Å²) in [5.41, 5.74) is 3.75. The first-order valence-electron chi connectivity index (χ1n) is 9.36. The fourth-order valence-electron chi connectivity index (χ4n) is 3.31. The summed E-state index contributed by atoms with van der Waals surface area (Å²) in [4.78, 5) is 27.8. The minimum Gasteiger partial charge on any atom is -0.486 e. The van der Waals surface area contributed by atoms with E-state index >= 15 is 0 Å². The molecule has 0 bridgehead atoms. The van der Waals surface area contributed by atoms with Gasteiger partial charge in [0.05, 0.1) is 0 Å². The van der Waals surface area contributed by atoms with E-state index in [2.05, 4.69) is 22.4 Å². The van der Waals surface area contributed by atoms with Crippen molar-refractivity contribution in [2.24, 2.45) is 0 Å². The zero-order valence-electron chi connectivity index (χ0n) is 15.7. The van der Waals surface area contributed by atoms with E-state index < -0.39 is 0 Å². The van der Waals surface area contributed by atoms with Gasteiger partial charge in [-0.05, 0) is 54.3 Å². The Kier molecular flexibility index (Phi) is 5.02. The van der Waals surface area contributed by atoms with Crippen molar-refractivity contribution in [2.75, 3.05) is 13.2 Å². The topological polar surface area (TPSA) is 80.4 Å². The molecule has 0 radical (unpaired) electrons. The third-order valence-electron chi connectivity index (χ3n) is 4.75. The number of ketones is 1. The number of nitrogens with one attached hydrogen (secondary N) is 2. The summed E-state index contributed by atoms with van der Waals surface area (Å²) in [5, 5.41) is 4.00. The van der Waals surface area contributed by atoms with E-state index in [0.717, 1.165) is 22.2 Å². The zero-order valence-corrected chi connectivity index (χ0v) is 15.7. The molecule has 1 aliphatic heterocycles. The largest absolute Gasteiger partial charge is 0.486 e. The van der Waals surface area contributed by atoms with Crippen LogP contribution in [0.25, 0.3) is 10.9 Å². The molecule has 4 rings (SSSR count). The minimum atomic E-state index is -0.142. The average Bonchev–Trinajstić information content (AvgIpc) is 3.09. The summed E-state index contributed by atoms with van der Waals surface area (Å²) in [6, 6.07) is 13.3. The number of H-pyrrole nitrogens is 1. The number of fused-ring (bicyclic) bond motifs is 2. The first-order valence-corrected chi connectivity index (χ1v) is 9.36. The Balaban J connectivity index is 1.29. The number of carbonyl (C=O) groups is 2. The molecule has 28 heavy (non-hydrogen) atoms. The van der Waals surface area contributed by atoms with Gasteiger partial charge in [-0.25, -0.2) is 0 Å². The van der Waals surface area contributed by atoms with Crippen LogP contribution >= 0.6 is 0 Å². The second-order valence-corrected chi connectivity index (χ2v) is 6.93. The molecule has 2 heterocycles. The van der Waals surface area contributed by atoms with Crippen LogP contribution in [-0.2, 0) is 11.3 Å². The number of Topliss-reactive ketones (excluding diaryl/α,β-unsaturated/α-hetero) is 1. The van der Waals surface area contributed by atoms with Crippen molar-refractivity contribution in [2.45, 2.75) is 26.3 Å². The van der Waals surface area contributed by atoms with E-state index in [-0.39, 0.29) is 24.5 Å². The molecule has 6 nitrogen and oxygen atoms in total. The van der Waals surface area contributed by atoms with Crippen LogP contribution in [-0.4, -0.2) is 29.9 Å². The number of aromatic amines is 1. The lowest BCUT2D eigenvalue weighted by molar-refractivity contribution is -0.121. The third-order valence-corrected chi connectivity index (χ3v) is 4.75. The van der Waals surface area contributed by atoms with Gasteiger partial charge in [-0.3, -0.25) is 9.59 Å². The first kappa shape index (κ1) is 18.1. The van der Waals surface area contributed by atoms with Crippen molar-refractivity contribution < 1.29 is 19.1 Å². The predicted molar refractivity (Wildman–Crippen MR) is 106 cm³/mol. The maximum absolute atomic E-state index is 12.4. The Bertz CT molecular complexity index is 1040. The van der Waals surface area contributed by atoms with Gasteiger partial charge in [-0.15, -0.1) is 0 Å². The lowest BCUT2D eigenvalue weighted by atomic mass is 10.1. The highest BCUT2D eigenvalue weighted by Gasteiger charge is 2.15. The number of aryl methyl sites for hydroxylation is 1. The normalized spacial score (nSPS) is 12.8. The molecule has 144 valence electrons. The van der Waals surface area contributed by atoms with Gasteiger partial charge in [-0.1, -0.05) is 6.07 Å². The Morgan fingerprint density at radius 2 is 1.82 bits per heavy atom. The third kappa shape index (κ3) is 4.01. The molecule has 1 amide bonds. The minimum absolute atomic E-state index is 0.0867. The van der Waals surface area contributed by atoms with Crippen LogP contribution in [0.15, 0.2) is 42.5 Å². The summed E-state index contributed by atoms with van der Waals surface area (Å²) >= 11 is 0. The van der Waals surface area contributed by atoms with E-state index in [0.29, 0.717) is 36.8 Å². The molecule has 6 heteroatoms. The molecule has 1 aliphatic rings. The predicted octanol–water partition coefficient (Wildman–Crippen LogP) is 3.53. The van der Waals surface area contributed by atoms with Crippen molar-refractivity contribution in [1.82, 2.24) is 10.3 Å². The maximum atomic E-state index is 12.4. The number of hydrogen-bond donors (Lipinski definition) is 2. The molecule has 2 aromatic carbocycles. The van der Waals surface area contributed by atoms with E-state index in [4.69, 9.17) is 9.47 Å².